The van der Waals surface area contributed by atoms with Crippen LogP contribution in [0.5, 0.6) is 0 Å². The van der Waals surface area contributed by atoms with Gasteiger partial charge in [0.2, 0.25) is 5.91 Å². The molecule has 166 valence electrons. The molecule has 1 saturated carbocycles. The van der Waals surface area contributed by atoms with Crippen molar-refractivity contribution in [2.24, 2.45) is 5.92 Å². The maximum atomic E-state index is 12.8. The normalized spacial score (nSPS) is 18.3. The number of aryl methyl sites for hydroxylation is 2. The van der Waals surface area contributed by atoms with Crippen LogP contribution in [0.1, 0.15) is 79.5 Å². The molecular formula is C25H34N4O2. The van der Waals surface area contributed by atoms with E-state index in [1.165, 1.54) is 32.1 Å². The first-order valence-corrected chi connectivity index (χ1v) is 11.8. The summed E-state index contributed by atoms with van der Waals surface area (Å²) in [5, 5.41) is 3.14. The molecule has 6 heteroatoms. The number of hydrogen-bond donors (Lipinski definition) is 1. The maximum Gasteiger partial charge on any atom is 0.251 e. The molecule has 1 N–H and O–H groups in total. The molecule has 1 aromatic carbocycles. The maximum absolute atomic E-state index is 12.8. The molecule has 2 aromatic rings. The van der Waals surface area contributed by atoms with Crippen LogP contribution in [0.4, 0.5) is 0 Å². The van der Waals surface area contributed by atoms with Crippen LogP contribution in [-0.2, 0) is 4.79 Å². The van der Waals surface area contributed by atoms with Gasteiger partial charge >= 0.3 is 0 Å². The van der Waals surface area contributed by atoms with Gasteiger partial charge in [0.25, 0.3) is 5.91 Å². The minimum Gasteiger partial charge on any atom is -0.349 e. The van der Waals surface area contributed by atoms with E-state index < -0.39 is 0 Å². The summed E-state index contributed by atoms with van der Waals surface area (Å²) in [6.45, 7) is 5.33. The average Bonchev–Trinajstić information content (AvgIpc) is 2.79. The Hall–Kier alpha value is -2.50. The van der Waals surface area contributed by atoms with Gasteiger partial charge in [-0.25, -0.2) is 9.97 Å². The van der Waals surface area contributed by atoms with Crippen molar-refractivity contribution in [3.63, 3.8) is 0 Å². The van der Waals surface area contributed by atoms with Gasteiger partial charge in [0, 0.05) is 31.1 Å². The molecule has 0 unspecified atom stereocenters. The molecule has 1 saturated heterocycles. The van der Waals surface area contributed by atoms with Gasteiger partial charge in [0.05, 0.1) is 22.4 Å². The predicted octanol–water partition coefficient (Wildman–Crippen LogP) is 4.33. The highest BCUT2D eigenvalue weighted by Gasteiger charge is 2.25. The van der Waals surface area contributed by atoms with E-state index in [1.807, 2.05) is 36.9 Å². The quantitative estimate of drug-likeness (QED) is 0.778. The summed E-state index contributed by atoms with van der Waals surface area (Å²) in [5.41, 5.74) is 3.94. The van der Waals surface area contributed by atoms with Crippen molar-refractivity contribution in [3.8, 4) is 0 Å². The summed E-state index contributed by atoms with van der Waals surface area (Å²) < 4.78 is 0. The molecule has 1 aliphatic carbocycles. The van der Waals surface area contributed by atoms with E-state index in [1.54, 1.807) is 0 Å². The Labute approximate surface area is 184 Å². The molecule has 2 aliphatic rings. The largest absolute Gasteiger partial charge is 0.349 e. The molecule has 1 aromatic heterocycles. The zero-order valence-electron chi connectivity index (χ0n) is 18.8. The number of nitrogens with one attached hydrogen (secondary N) is 1. The van der Waals surface area contributed by atoms with Crippen LogP contribution in [0.25, 0.3) is 11.0 Å². The highest BCUT2D eigenvalue weighted by atomic mass is 16.2. The smallest absolute Gasteiger partial charge is 0.251 e. The van der Waals surface area contributed by atoms with Crippen LogP contribution >= 0.6 is 0 Å². The minimum atomic E-state index is -0.0796. The summed E-state index contributed by atoms with van der Waals surface area (Å²) in [6.07, 6.45) is 9.94. The van der Waals surface area contributed by atoms with Crippen LogP contribution < -0.4 is 5.32 Å². The van der Waals surface area contributed by atoms with Crippen molar-refractivity contribution < 1.29 is 9.59 Å². The van der Waals surface area contributed by atoms with Gasteiger partial charge in [-0.15, -0.1) is 0 Å². The van der Waals surface area contributed by atoms with E-state index in [0.29, 0.717) is 12.0 Å². The second-order valence-electron chi connectivity index (χ2n) is 9.27. The Kier molecular flexibility index (Phi) is 6.83. The zero-order chi connectivity index (χ0) is 21.8. The summed E-state index contributed by atoms with van der Waals surface area (Å²) in [5.74, 6) is 0.951. The van der Waals surface area contributed by atoms with E-state index >= 15 is 0 Å². The number of benzene rings is 1. The van der Waals surface area contributed by atoms with Crippen molar-refractivity contribution in [1.82, 2.24) is 20.2 Å². The summed E-state index contributed by atoms with van der Waals surface area (Å²) >= 11 is 0. The van der Waals surface area contributed by atoms with Crippen molar-refractivity contribution in [3.05, 3.63) is 35.2 Å². The van der Waals surface area contributed by atoms with E-state index in [-0.39, 0.29) is 17.9 Å². The Morgan fingerprint density at radius 3 is 2.35 bits per heavy atom. The molecule has 0 spiro atoms. The van der Waals surface area contributed by atoms with Crippen LogP contribution in [0.3, 0.4) is 0 Å². The molecule has 4 rings (SSSR count). The third-order valence-electron chi connectivity index (χ3n) is 7.01. The Morgan fingerprint density at radius 1 is 0.968 bits per heavy atom. The predicted molar refractivity (Wildman–Crippen MR) is 122 cm³/mol. The van der Waals surface area contributed by atoms with Gasteiger partial charge < -0.3 is 10.2 Å². The number of likely N-dealkylation sites (tertiary alicyclic amines) is 1. The average molecular weight is 423 g/mol. The number of hydrogen-bond acceptors (Lipinski definition) is 4. The summed E-state index contributed by atoms with van der Waals surface area (Å²) in [4.78, 5) is 36.4. The number of piperidine rings is 1. The van der Waals surface area contributed by atoms with Crippen LogP contribution in [0, 0.1) is 19.8 Å². The van der Waals surface area contributed by atoms with Crippen LogP contribution in [0.15, 0.2) is 18.2 Å². The fourth-order valence-corrected chi connectivity index (χ4v) is 4.88. The van der Waals surface area contributed by atoms with Gasteiger partial charge in [0.15, 0.2) is 0 Å². The molecule has 2 amide bonds. The lowest BCUT2D eigenvalue weighted by Crippen LogP contribution is -2.46. The molecule has 0 atom stereocenters. The van der Waals surface area contributed by atoms with Gasteiger partial charge in [-0.3, -0.25) is 9.59 Å². The standard InChI is InChI=1S/C25H34N4O2/c1-17-18(2)27-23-16-20(9-10-22(23)26-17)25(31)28-21-12-14-29(15-13-21)24(30)11-8-19-6-4-3-5-7-19/h9-10,16,19,21H,3-8,11-15H2,1-2H3,(H,28,31). The first kappa shape index (κ1) is 21.7. The number of fused-ring (bicyclic) bond motifs is 1. The number of aromatic nitrogens is 2. The monoisotopic (exact) mass is 422 g/mol. The van der Waals surface area contributed by atoms with Gasteiger partial charge in [-0.1, -0.05) is 32.1 Å². The van der Waals surface area contributed by atoms with Crippen LogP contribution in [0.2, 0.25) is 0 Å². The lowest BCUT2D eigenvalue weighted by molar-refractivity contribution is -0.132. The van der Waals surface area contributed by atoms with Crippen molar-refractivity contribution in [2.45, 2.75) is 77.7 Å². The number of carbonyl (C=O) groups is 2. The molecule has 1 aliphatic heterocycles. The van der Waals surface area contributed by atoms with E-state index in [0.717, 1.165) is 60.7 Å². The third-order valence-corrected chi connectivity index (χ3v) is 7.01. The zero-order valence-corrected chi connectivity index (χ0v) is 18.8. The van der Waals surface area contributed by atoms with Crippen LogP contribution in [-0.4, -0.2) is 45.8 Å². The second-order valence-corrected chi connectivity index (χ2v) is 9.27. The highest BCUT2D eigenvalue weighted by Crippen LogP contribution is 2.27. The SMILES string of the molecule is Cc1nc2ccc(C(=O)NC3CCN(C(=O)CCC4CCCCC4)CC3)cc2nc1C. The Bertz CT molecular complexity index is 944. The lowest BCUT2D eigenvalue weighted by atomic mass is 9.86. The van der Waals surface area contributed by atoms with Gasteiger partial charge in [-0.2, -0.15) is 0 Å². The molecular weight excluding hydrogens is 388 g/mol. The molecule has 6 nitrogen and oxygen atoms in total. The van der Waals surface area contributed by atoms with Crippen molar-refractivity contribution in [1.29, 1.82) is 0 Å². The first-order chi connectivity index (χ1) is 15.0. The first-order valence-electron chi connectivity index (χ1n) is 11.8. The minimum absolute atomic E-state index is 0.0796. The second kappa shape index (κ2) is 9.75. The number of nitrogens with zero attached hydrogens (tertiary/aromatic N) is 3. The molecule has 31 heavy (non-hydrogen) atoms. The van der Waals surface area contributed by atoms with E-state index in [4.69, 9.17) is 0 Å². The fourth-order valence-electron chi connectivity index (χ4n) is 4.88. The molecule has 0 bridgehead atoms. The lowest BCUT2D eigenvalue weighted by Gasteiger charge is -2.33. The summed E-state index contributed by atoms with van der Waals surface area (Å²) in [7, 11) is 0. The van der Waals surface area contributed by atoms with E-state index in [9.17, 15) is 9.59 Å². The molecule has 2 heterocycles. The number of rotatable bonds is 5. The van der Waals surface area contributed by atoms with Crippen molar-refractivity contribution >= 4 is 22.8 Å². The Morgan fingerprint density at radius 2 is 1.65 bits per heavy atom. The number of carbonyl (C=O) groups excluding carboxylic acids is 2. The Balaban J connectivity index is 1.26. The molecule has 2 fully saturated rings. The number of amides is 2. The van der Waals surface area contributed by atoms with Gasteiger partial charge in [0.1, 0.15) is 0 Å². The fraction of sp³-hybridized carbons (Fsp3) is 0.600. The van der Waals surface area contributed by atoms with Gasteiger partial charge in [-0.05, 0) is 57.2 Å². The van der Waals surface area contributed by atoms with Crippen molar-refractivity contribution in [2.75, 3.05) is 13.1 Å². The summed E-state index contributed by atoms with van der Waals surface area (Å²) in [6, 6.07) is 5.59. The molecule has 0 radical (unpaired) electrons. The van der Waals surface area contributed by atoms with E-state index in [2.05, 4.69) is 15.3 Å². The third kappa shape index (κ3) is 5.41. The highest BCUT2D eigenvalue weighted by molar-refractivity contribution is 5.97. The topological polar surface area (TPSA) is 75.2 Å².